The second-order valence-electron chi connectivity index (χ2n) is 7.38. The van der Waals surface area contributed by atoms with Gasteiger partial charge in [0, 0.05) is 55.4 Å². The lowest BCUT2D eigenvalue weighted by Gasteiger charge is -2.36. The molecule has 0 bridgehead atoms. The van der Waals surface area contributed by atoms with Crippen molar-refractivity contribution in [2.24, 2.45) is 0 Å². The van der Waals surface area contributed by atoms with Gasteiger partial charge < -0.3 is 9.80 Å². The SMILES string of the molecule is c1ccc(-c2nnc(N3CCN(c4ccccc4)CC3)cc2-c2ccncc2)cc1. The van der Waals surface area contributed by atoms with Crippen LogP contribution in [0.5, 0.6) is 0 Å². The van der Waals surface area contributed by atoms with Crippen molar-refractivity contribution in [1.82, 2.24) is 15.2 Å². The second-order valence-corrected chi connectivity index (χ2v) is 7.38. The number of nitrogens with zero attached hydrogens (tertiary/aromatic N) is 5. The first kappa shape index (κ1) is 18.3. The number of pyridine rings is 1. The molecule has 148 valence electrons. The van der Waals surface area contributed by atoms with Crippen LogP contribution in [0.3, 0.4) is 0 Å². The van der Waals surface area contributed by atoms with Gasteiger partial charge in [0.25, 0.3) is 0 Å². The van der Waals surface area contributed by atoms with E-state index in [-0.39, 0.29) is 0 Å². The molecule has 0 aliphatic carbocycles. The first-order valence-corrected chi connectivity index (χ1v) is 10.3. The van der Waals surface area contributed by atoms with E-state index in [0.717, 1.165) is 54.4 Å². The molecule has 3 heterocycles. The zero-order chi connectivity index (χ0) is 20.2. The predicted molar refractivity (Wildman–Crippen MR) is 122 cm³/mol. The van der Waals surface area contributed by atoms with E-state index in [1.165, 1.54) is 5.69 Å². The maximum atomic E-state index is 4.65. The van der Waals surface area contributed by atoms with Crippen LogP contribution in [0.25, 0.3) is 22.4 Å². The highest BCUT2D eigenvalue weighted by molar-refractivity contribution is 5.81. The van der Waals surface area contributed by atoms with E-state index in [2.05, 4.69) is 73.5 Å². The molecular weight excluding hydrogens is 370 g/mol. The topological polar surface area (TPSA) is 45.2 Å². The lowest BCUT2D eigenvalue weighted by molar-refractivity contribution is 0.644. The largest absolute Gasteiger partial charge is 0.368 e. The first-order valence-electron chi connectivity index (χ1n) is 10.3. The summed E-state index contributed by atoms with van der Waals surface area (Å²) in [5.41, 5.74) is 5.42. The minimum Gasteiger partial charge on any atom is -0.368 e. The Hall–Kier alpha value is -3.73. The molecule has 0 radical (unpaired) electrons. The van der Waals surface area contributed by atoms with E-state index >= 15 is 0 Å². The molecule has 0 amide bonds. The van der Waals surface area contributed by atoms with Crippen LogP contribution in [0.15, 0.2) is 91.3 Å². The van der Waals surface area contributed by atoms with E-state index in [4.69, 9.17) is 0 Å². The Morgan fingerprint density at radius 1 is 0.600 bits per heavy atom. The van der Waals surface area contributed by atoms with Crippen LogP contribution in [-0.4, -0.2) is 41.4 Å². The average Bonchev–Trinajstić information content (AvgIpc) is 2.85. The molecule has 2 aromatic heterocycles. The summed E-state index contributed by atoms with van der Waals surface area (Å²) < 4.78 is 0. The van der Waals surface area contributed by atoms with Gasteiger partial charge in [-0.05, 0) is 35.9 Å². The van der Waals surface area contributed by atoms with Crippen LogP contribution >= 0.6 is 0 Å². The highest BCUT2D eigenvalue weighted by atomic mass is 15.3. The summed E-state index contributed by atoms with van der Waals surface area (Å²) in [7, 11) is 0. The monoisotopic (exact) mass is 393 g/mol. The van der Waals surface area contributed by atoms with Crippen molar-refractivity contribution in [3.8, 4) is 22.4 Å². The van der Waals surface area contributed by atoms with Gasteiger partial charge in [0.2, 0.25) is 0 Å². The van der Waals surface area contributed by atoms with E-state index in [9.17, 15) is 0 Å². The molecule has 2 aromatic carbocycles. The molecule has 0 spiro atoms. The Balaban J connectivity index is 1.44. The van der Waals surface area contributed by atoms with Gasteiger partial charge in [-0.25, -0.2) is 0 Å². The predicted octanol–water partition coefficient (Wildman–Crippen LogP) is 4.53. The number of rotatable bonds is 4. The highest BCUT2D eigenvalue weighted by Crippen LogP contribution is 2.32. The van der Waals surface area contributed by atoms with Gasteiger partial charge in [0.1, 0.15) is 5.69 Å². The third kappa shape index (κ3) is 3.74. The molecule has 1 saturated heterocycles. The molecular formula is C25H23N5. The minimum absolute atomic E-state index is 0.897. The Bertz CT molecular complexity index is 1090. The van der Waals surface area contributed by atoms with Crippen LogP contribution in [0.2, 0.25) is 0 Å². The van der Waals surface area contributed by atoms with Crippen molar-refractivity contribution in [2.75, 3.05) is 36.0 Å². The molecule has 1 aliphatic heterocycles. The van der Waals surface area contributed by atoms with Crippen molar-refractivity contribution in [1.29, 1.82) is 0 Å². The maximum absolute atomic E-state index is 4.65. The zero-order valence-electron chi connectivity index (χ0n) is 16.7. The zero-order valence-corrected chi connectivity index (χ0v) is 16.7. The lowest BCUT2D eigenvalue weighted by Crippen LogP contribution is -2.46. The van der Waals surface area contributed by atoms with Crippen LogP contribution < -0.4 is 9.80 Å². The van der Waals surface area contributed by atoms with Gasteiger partial charge in [-0.15, -0.1) is 10.2 Å². The molecule has 5 heteroatoms. The number of para-hydroxylation sites is 1. The van der Waals surface area contributed by atoms with Crippen molar-refractivity contribution in [3.63, 3.8) is 0 Å². The van der Waals surface area contributed by atoms with E-state index < -0.39 is 0 Å². The van der Waals surface area contributed by atoms with Crippen LogP contribution in [-0.2, 0) is 0 Å². The van der Waals surface area contributed by atoms with E-state index in [1.54, 1.807) is 0 Å². The normalized spacial score (nSPS) is 14.0. The second kappa shape index (κ2) is 8.33. The van der Waals surface area contributed by atoms with Crippen LogP contribution in [0, 0.1) is 0 Å². The number of benzene rings is 2. The third-order valence-electron chi connectivity index (χ3n) is 5.54. The van der Waals surface area contributed by atoms with Gasteiger partial charge in [0.15, 0.2) is 5.82 Å². The summed E-state index contributed by atoms with van der Waals surface area (Å²) in [5, 5.41) is 9.26. The molecule has 5 rings (SSSR count). The Kier molecular flexibility index (Phi) is 5.08. The lowest BCUT2D eigenvalue weighted by atomic mass is 10.0. The van der Waals surface area contributed by atoms with Gasteiger partial charge in [0.05, 0.1) is 0 Å². The van der Waals surface area contributed by atoms with Crippen molar-refractivity contribution in [2.45, 2.75) is 0 Å². The van der Waals surface area contributed by atoms with Gasteiger partial charge in [-0.1, -0.05) is 48.5 Å². The fraction of sp³-hybridized carbons (Fsp3) is 0.160. The Morgan fingerprint density at radius 2 is 1.23 bits per heavy atom. The van der Waals surface area contributed by atoms with E-state index in [0.29, 0.717) is 0 Å². The number of hydrogen-bond acceptors (Lipinski definition) is 5. The number of anilines is 2. The summed E-state index contributed by atoms with van der Waals surface area (Å²) in [6, 6.07) is 27.1. The maximum Gasteiger partial charge on any atom is 0.152 e. The van der Waals surface area contributed by atoms with Crippen LogP contribution in [0.4, 0.5) is 11.5 Å². The molecule has 1 aliphatic rings. The van der Waals surface area contributed by atoms with Crippen LogP contribution in [0.1, 0.15) is 0 Å². The van der Waals surface area contributed by atoms with Crippen molar-refractivity contribution in [3.05, 3.63) is 91.3 Å². The minimum atomic E-state index is 0.897. The fourth-order valence-corrected chi connectivity index (χ4v) is 3.93. The molecule has 0 atom stereocenters. The summed E-state index contributed by atoms with van der Waals surface area (Å²) in [6.45, 7) is 3.78. The van der Waals surface area contributed by atoms with E-state index in [1.807, 2.05) is 42.7 Å². The number of hydrogen-bond donors (Lipinski definition) is 0. The molecule has 0 saturated carbocycles. The summed E-state index contributed by atoms with van der Waals surface area (Å²) >= 11 is 0. The first-order chi connectivity index (χ1) is 14.9. The average molecular weight is 393 g/mol. The van der Waals surface area contributed by atoms with Gasteiger partial charge in [-0.3, -0.25) is 4.98 Å². The summed E-state index contributed by atoms with van der Waals surface area (Å²) in [4.78, 5) is 8.92. The molecule has 1 fully saturated rings. The van der Waals surface area contributed by atoms with Gasteiger partial charge >= 0.3 is 0 Å². The Labute approximate surface area is 176 Å². The third-order valence-corrected chi connectivity index (χ3v) is 5.54. The molecule has 5 nitrogen and oxygen atoms in total. The fourth-order valence-electron chi connectivity index (χ4n) is 3.93. The van der Waals surface area contributed by atoms with Crippen molar-refractivity contribution < 1.29 is 0 Å². The number of piperazine rings is 1. The number of aromatic nitrogens is 3. The molecule has 4 aromatic rings. The summed E-state index contributed by atoms with van der Waals surface area (Å²) in [6.07, 6.45) is 3.64. The molecule has 0 N–H and O–H groups in total. The van der Waals surface area contributed by atoms with Crippen molar-refractivity contribution >= 4 is 11.5 Å². The Morgan fingerprint density at radius 3 is 1.93 bits per heavy atom. The summed E-state index contributed by atoms with van der Waals surface area (Å²) in [5.74, 6) is 0.925. The highest BCUT2D eigenvalue weighted by Gasteiger charge is 2.20. The molecule has 0 unspecified atom stereocenters. The van der Waals surface area contributed by atoms with Gasteiger partial charge in [-0.2, -0.15) is 0 Å². The quantitative estimate of drug-likeness (QED) is 0.510. The molecule has 30 heavy (non-hydrogen) atoms. The standard InChI is InChI=1S/C25H23N5/c1-3-7-21(8-4-1)25-23(20-11-13-26-14-12-20)19-24(27-28-25)30-17-15-29(16-18-30)22-9-5-2-6-10-22/h1-14,19H,15-18H2. The smallest absolute Gasteiger partial charge is 0.152 e.